The smallest absolute Gasteiger partial charge is 0.151 e. The molecule has 0 aromatic heterocycles. The molecule has 0 aliphatic heterocycles. The lowest BCUT2D eigenvalue weighted by atomic mass is 9.89. The molecule has 0 heterocycles. The van der Waals surface area contributed by atoms with Crippen LogP contribution in [-0.4, -0.2) is 25.5 Å². The van der Waals surface area contributed by atoms with Crippen molar-refractivity contribution >= 4 is 39.7 Å². The normalized spacial score (nSPS) is 14.2. The molecule has 4 nitrogen and oxygen atoms in total. The van der Waals surface area contributed by atoms with E-state index in [0.717, 1.165) is 53.0 Å². The fraction of sp³-hybridized carbons (Fsp3) is 0.240. The quantitative estimate of drug-likeness (QED) is 0.281. The Hall–Kier alpha value is -2.69. The Balaban J connectivity index is 1.34. The highest BCUT2D eigenvalue weighted by atomic mass is 35.5. The third-order valence-electron chi connectivity index (χ3n) is 5.10. The Kier molecular flexibility index (Phi) is 7.34. The molecular formula is C25H23Cl2NO3. The second-order valence-electron chi connectivity index (χ2n) is 7.17. The van der Waals surface area contributed by atoms with E-state index in [-0.39, 0.29) is 4.49 Å². The average molecular weight is 456 g/mol. The Labute approximate surface area is 192 Å². The molecule has 0 radical (unpaired) electrons. The molecule has 0 saturated carbocycles. The summed E-state index contributed by atoms with van der Waals surface area (Å²) in [5.74, 6) is 1.65. The summed E-state index contributed by atoms with van der Waals surface area (Å²) >= 11 is 11.3. The topological polar surface area (TPSA) is 40.0 Å². The maximum Gasteiger partial charge on any atom is 0.151 e. The van der Waals surface area contributed by atoms with Crippen LogP contribution in [0.5, 0.6) is 11.5 Å². The number of hydrogen-bond donors (Lipinski definition) is 0. The van der Waals surface area contributed by atoms with Crippen LogP contribution in [0.1, 0.15) is 24.0 Å². The molecule has 1 aliphatic rings. The highest BCUT2D eigenvalue weighted by molar-refractivity contribution is 6.55. The van der Waals surface area contributed by atoms with Crippen molar-refractivity contribution in [3.8, 4) is 11.5 Å². The summed E-state index contributed by atoms with van der Waals surface area (Å²) in [6.45, 7) is 1.13. The maximum atomic E-state index is 5.83. The SMILES string of the molecule is ClC(Cl)=CCOc1cccc2c1CCC/C2=N\OCCOc1ccc2ccccc2c1. The zero-order chi connectivity index (χ0) is 21.5. The van der Waals surface area contributed by atoms with Gasteiger partial charge in [-0.05, 0) is 54.3 Å². The van der Waals surface area contributed by atoms with E-state index < -0.39 is 0 Å². The van der Waals surface area contributed by atoms with Crippen molar-refractivity contribution in [3.05, 3.63) is 82.4 Å². The van der Waals surface area contributed by atoms with E-state index in [1.807, 2.05) is 36.4 Å². The summed E-state index contributed by atoms with van der Waals surface area (Å²) in [6.07, 6.45) is 4.43. The van der Waals surface area contributed by atoms with Gasteiger partial charge >= 0.3 is 0 Å². The van der Waals surface area contributed by atoms with Crippen LogP contribution >= 0.6 is 23.2 Å². The summed E-state index contributed by atoms with van der Waals surface area (Å²) in [4.78, 5) is 5.57. The summed E-state index contributed by atoms with van der Waals surface area (Å²) in [6, 6.07) is 20.2. The fourth-order valence-corrected chi connectivity index (χ4v) is 3.79. The van der Waals surface area contributed by atoms with Crippen molar-refractivity contribution in [3.63, 3.8) is 0 Å². The minimum Gasteiger partial charge on any atom is -0.490 e. The van der Waals surface area contributed by atoms with Crippen LogP contribution in [0.4, 0.5) is 0 Å². The molecule has 6 heteroatoms. The first-order valence-corrected chi connectivity index (χ1v) is 11.0. The van der Waals surface area contributed by atoms with E-state index in [4.69, 9.17) is 37.5 Å². The molecule has 0 bridgehead atoms. The predicted molar refractivity (Wildman–Crippen MR) is 127 cm³/mol. The predicted octanol–water partition coefficient (Wildman–Crippen LogP) is 6.67. The van der Waals surface area contributed by atoms with Gasteiger partial charge in [-0.3, -0.25) is 0 Å². The molecule has 1 aliphatic carbocycles. The number of benzene rings is 3. The van der Waals surface area contributed by atoms with Crippen molar-refractivity contribution in [1.82, 2.24) is 0 Å². The van der Waals surface area contributed by atoms with Gasteiger partial charge in [0.15, 0.2) is 6.61 Å². The molecule has 0 atom stereocenters. The number of nitrogens with zero attached hydrogens (tertiary/aromatic N) is 1. The van der Waals surface area contributed by atoms with Crippen LogP contribution in [0, 0.1) is 0 Å². The highest BCUT2D eigenvalue weighted by Crippen LogP contribution is 2.30. The van der Waals surface area contributed by atoms with Crippen LogP contribution in [0.15, 0.2) is 76.4 Å². The molecule has 4 rings (SSSR count). The second-order valence-corrected chi connectivity index (χ2v) is 8.18. The van der Waals surface area contributed by atoms with E-state index in [2.05, 4.69) is 29.4 Å². The molecule has 0 unspecified atom stereocenters. The van der Waals surface area contributed by atoms with Crippen LogP contribution in [0.25, 0.3) is 10.8 Å². The first kappa shape index (κ1) is 21.5. The minimum absolute atomic E-state index is 0.200. The first-order chi connectivity index (χ1) is 15.2. The first-order valence-electron chi connectivity index (χ1n) is 10.3. The van der Waals surface area contributed by atoms with Gasteiger partial charge in [0.05, 0.1) is 5.71 Å². The van der Waals surface area contributed by atoms with Crippen molar-refractivity contribution < 1.29 is 14.3 Å². The summed E-state index contributed by atoms with van der Waals surface area (Å²) in [5, 5.41) is 6.73. The number of oxime groups is 1. The zero-order valence-corrected chi connectivity index (χ0v) is 18.5. The molecule has 0 amide bonds. The summed E-state index contributed by atoms with van der Waals surface area (Å²) < 4.78 is 11.8. The van der Waals surface area contributed by atoms with E-state index in [1.54, 1.807) is 6.08 Å². The number of rotatable bonds is 8. The molecular weight excluding hydrogens is 433 g/mol. The average Bonchev–Trinajstić information content (AvgIpc) is 2.79. The number of halogens is 2. The molecule has 3 aromatic carbocycles. The standard InChI is InChI=1S/C25H23Cl2NO3/c26-25(27)13-14-30-24-10-4-7-21-22(24)8-3-9-23(21)28-31-16-15-29-20-12-11-18-5-1-2-6-19(18)17-20/h1-2,4-7,10-13,17H,3,8-9,14-16H2/b28-23+. The molecule has 0 spiro atoms. The van der Waals surface area contributed by atoms with Gasteiger partial charge in [-0.25, -0.2) is 0 Å². The van der Waals surface area contributed by atoms with Gasteiger partial charge in [0.1, 0.15) is 29.2 Å². The van der Waals surface area contributed by atoms with Gasteiger partial charge in [0, 0.05) is 11.1 Å². The Bertz CT molecular complexity index is 1110. The van der Waals surface area contributed by atoms with E-state index in [0.29, 0.717) is 19.8 Å². The maximum absolute atomic E-state index is 5.83. The van der Waals surface area contributed by atoms with E-state index >= 15 is 0 Å². The number of fused-ring (bicyclic) bond motifs is 2. The van der Waals surface area contributed by atoms with Crippen molar-refractivity contribution in [2.45, 2.75) is 19.3 Å². The van der Waals surface area contributed by atoms with Crippen molar-refractivity contribution in [2.24, 2.45) is 5.16 Å². The lowest BCUT2D eigenvalue weighted by Gasteiger charge is -2.20. The van der Waals surface area contributed by atoms with Crippen molar-refractivity contribution in [2.75, 3.05) is 19.8 Å². The zero-order valence-electron chi connectivity index (χ0n) is 17.0. The third kappa shape index (κ3) is 5.72. The number of hydrogen-bond acceptors (Lipinski definition) is 4. The van der Waals surface area contributed by atoms with Crippen molar-refractivity contribution in [1.29, 1.82) is 0 Å². The molecule has 0 N–H and O–H groups in total. The highest BCUT2D eigenvalue weighted by Gasteiger charge is 2.19. The summed E-state index contributed by atoms with van der Waals surface area (Å²) in [5.41, 5.74) is 3.14. The Morgan fingerprint density at radius 2 is 1.77 bits per heavy atom. The summed E-state index contributed by atoms with van der Waals surface area (Å²) in [7, 11) is 0. The van der Waals surface area contributed by atoms with Gasteiger partial charge in [-0.1, -0.05) is 70.8 Å². The van der Waals surface area contributed by atoms with E-state index in [9.17, 15) is 0 Å². The van der Waals surface area contributed by atoms with Gasteiger partial charge in [-0.2, -0.15) is 0 Å². The van der Waals surface area contributed by atoms with Gasteiger partial charge in [0.25, 0.3) is 0 Å². The van der Waals surface area contributed by atoms with E-state index in [1.165, 1.54) is 5.39 Å². The molecule has 31 heavy (non-hydrogen) atoms. The largest absolute Gasteiger partial charge is 0.490 e. The second kappa shape index (κ2) is 10.6. The Morgan fingerprint density at radius 3 is 2.65 bits per heavy atom. The number of ether oxygens (including phenoxy) is 2. The van der Waals surface area contributed by atoms with Gasteiger partial charge in [0.2, 0.25) is 0 Å². The lowest BCUT2D eigenvalue weighted by molar-refractivity contribution is 0.107. The molecule has 0 fully saturated rings. The van der Waals surface area contributed by atoms with Gasteiger partial charge in [-0.15, -0.1) is 0 Å². The monoisotopic (exact) mass is 455 g/mol. The third-order valence-corrected chi connectivity index (χ3v) is 5.41. The van der Waals surface area contributed by atoms with Crippen LogP contribution in [0.3, 0.4) is 0 Å². The molecule has 0 saturated heterocycles. The lowest BCUT2D eigenvalue weighted by Crippen LogP contribution is -2.15. The minimum atomic E-state index is 0.200. The van der Waals surface area contributed by atoms with Crippen LogP contribution in [-0.2, 0) is 11.3 Å². The Morgan fingerprint density at radius 1 is 0.903 bits per heavy atom. The molecule has 160 valence electrons. The van der Waals surface area contributed by atoms with Crippen LogP contribution < -0.4 is 9.47 Å². The molecule has 3 aromatic rings. The van der Waals surface area contributed by atoms with Crippen LogP contribution in [0.2, 0.25) is 0 Å². The van der Waals surface area contributed by atoms with Gasteiger partial charge < -0.3 is 14.3 Å². The fourth-order valence-electron chi connectivity index (χ4n) is 3.66.